The molecule has 1 heterocycles. The van der Waals surface area contributed by atoms with E-state index in [0.29, 0.717) is 28.9 Å². The Labute approximate surface area is 117 Å². The van der Waals surface area contributed by atoms with Gasteiger partial charge in [-0.05, 0) is 39.7 Å². The fourth-order valence-electron chi connectivity index (χ4n) is 2.21. The summed E-state index contributed by atoms with van der Waals surface area (Å²) in [5.74, 6) is -1.30. The second kappa shape index (κ2) is 6.36. The Hall–Kier alpha value is -2.11. The Balaban J connectivity index is 2.81. The van der Waals surface area contributed by atoms with Crippen molar-refractivity contribution in [3.8, 4) is 0 Å². The number of nitrogens with one attached hydrogen (secondary N) is 2. The molecule has 1 rings (SSSR count). The monoisotopic (exact) mass is 280 g/mol. The minimum atomic E-state index is -0.892. The third-order valence-corrected chi connectivity index (χ3v) is 3.19. The van der Waals surface area contributed by atoms with Crippen LogP contribution in [0, 0.1) is 13.8 Å². The van der Waals surface area contributed by atoms with Gasteiger partial charge >= 0.3 is 5.97 Å². The number of carboxylic acids is 1. The predicted octanol–water partition coefficient (Wildman–Crippen LogP) is 1.82. The number of aliphatic carboxylic acids is 1. The lowest BCUT2D eigenvalue weighted by atomic mass is 10.1. The summed E-state index contributed by atoms with van der Waals surface area (Å²) in [7, 11) is 0. The van der Waals surface area contributed by atoms with Crippen LogP contribution >= 0.6 is 0 Å². The molecule has 6 heteroatoms. The molecule has 0 aliphatic carbocycles. The fraction of sp³-hybridized carbons (Fsp3) is 0.500. The van der Waals surface area contributed by atoms with Gasteiger partial charge in [0.15, 0.2) is 5.78 Å². The maximum Gasteiger partial charge on any atom is 0.303 e. The van der Waals surface area contributed by atoms with Gasteiger partial charge in [0.25, 0.3) is 5.91 Å². The van der Waals surface area contributed by atoms with Crippen molar-refractivity contribution < 1.29 is 19.5 Å². The summed E-state index contributed by atoms with van der Waals surface area (Å²) in [6, 6.07) is -0.248. The minimum Gasteiger partial charge on any atom is -0.481 e. The highest BCUT2D eigenvalue weighted by Crippen LogP contribution is 2.18. The number of aryl methyl sites for hydroxylation is 1. The molecule has 0 aliphatic rings. The number of rotatable bonds is 6. The number of Topliss-reactive ketones (excluding diaryl/α,β-unsaturated/α-hetero) is 1. The molecule has 20 heavy (non-hydrogen) atoms. The summed E-state index contributed by atoms with van der Waals surface area (Å²) < 4.78 is 0. The number of aromatic amines is 1. The average Bonchev–Trinajstić information content (AvgIpc) is 2.62. The maximum atomic E-state index is 12.1. The molecule has 0 bridgehead atoms. The molecule has 0 spiro atoms. The van der Waals surface area contributed by atoms with Gasteiger partial charge in [0.1, 0.15) is 5.69 Å². The van der Waals surface area contributed by atoms with Gasteiger partial charge in [-0.25, -0.2) is 0 Å². The first-order valence-electron chi connectivity index (χ1n) is 6.46. The zero-order valence-corrected chi connectivity index (χ0v) is 12.2. The van der Waals surface area contributed by atoms with Gasteiger partial charge in [0.05, 0.1) is 0 Å². The second-order valence-corrected chi connectivity index (χ2v) is 4.99. The molecule has 1 aromatic rings. The van der Waals surface area contributed by atoms with Gasteiger partial charge < -0.3 is 15.4 Å². The van der Waals surface area contributed by atoms with E-state index in [4.69, 9.17) is 5.11 Å². The molecule has 1 aromatic heterocycles. The molecule has 1 amide bonds. The molecule has 0 radical (unpaired) electrons. The maximum absolute atomic E-state index is 12.1. The Kier molecular flexibility index (Phi) is 5.07. The highest BCUT2D eigenvalue weighted by molar-refractivity contribution is 6.02. The summed E-state index contributed by atoms with van der Waals surface area (Å²) in [6.45, 7) is 6.67. The molecular formula is C14H20N2O4. The van der Waals surface area contributed by atoms with E-state index in [1.165, 1.54) is 6.92 Å². The SMILES string of the molecule is CC(=O)c1c(C)[nH]c(C(=O)NC(C)CCC(=O)O)c1C. The van der Waals surface area contributed by atoms with Crippen LogP contribution in [-0.2, 0) is 4.79 Å². The van der Waals surface area contributed by atoms with Gasteiger partial charge in [0.2, 0.25) is 0 Å². The van der Waals surface area contributed by atoms with E-state index in [0.717, 1.165) is 0 Å². The number of H-pyrrole nitrogens is 1. The van der Waals surface area contributed by atoms with Crippen molar-refractivity contribution in [1.82, 2.24) is 10.3 Å². The van der Waals surface area contributed by atoms with Crippen LogP contribution in [0.15, 0.2) is 0 Å². The molecule has 3 N–H and O–H groups in total. The van der Waals surface area contributed by atoms with Crippen molar-refractivity contribution in [2.45, 2.75) is 46.6 Å². The zero-order valence-electron chi connectivity index (χ0n) is 12.2. The van der Waals surface area contributed by atoms with Gasteiger partial charge in [0, 0.05) is 23.7 Å². The standard InChI is InChI=1S/C14H20N2O4/c1-7(5-6-11(18)19)15-14(20)13-8(2)12(10(4)17)9(3)16-13/h7,16H,5-6H2,1-4H3,(H,15,20)(H,18,19). The van der Waals surface area contributed by atoms with Crippen molar-refractivity contribution >= 4 is 17.7 Å². The number of amides is 1. The van der Waals surface area contributed by atoms with Crippen molar-refractivity contribution in [1.29, 1.82) is 0 Å². The van der Waals surface area contributed by atoms with Gasteiger partial charge in [-0.15, -0.1) is 0 Å². The second-order valence-electron chi connectivity index (χ2n) is 4.99. The van der Waals surface area contributed by atoms with E-state index in [-0.39, 0.29) is 24.2 Å². The molecule has 110 valence electrons. The molecule has 6 nitrogen and oxygen atoms in total. The summed E-state index contributed by atoms with van der Waals surface area (Å²) in [6.07, 6.45) is 0.363. The number of carbonyl (C=O) groups excluding carboxylic acids is 2. The number of aromatic nitrogens is 1. The Morgan fingerprint density at radius 1 is 1.30 bits per heavy atom. The van der Waals surface area contributed by atoms with Crippen LogP contribution < -0.4 is 5.32 Å². The smallest absolute Gasteiger partial charge is 0.303 e. The van der Waals surface area contributed by atoms with Gasteiger partial charge in [-0.2, -0.15) is 0 Å². The Morgan fingerprint density at radius 2 is 1.90 bits per heavy atom. The quantitative estimate of drug-likeness (QED) is 0.692. The summed E-state index contributed by atoms with van der Waals surface area (Å²) in [4.78, 5) is 37.0. The van der Waals surface area contributed by atoms with Crippen LogP contribution in [0.3, 0.4) is 0 Å². The van der Waals surface area contributed by atoms with Crippen molar-refractivity contribution in [2.24, 2.45) is 0 Å². The molecule has 0 saturated heterocycles. The Bertz CT molecular complexity index is 546. The van der Waals surface area contributed by atoms with Crippen LogP contribution in [0.25, 0.3) is 0 Å². The molecule has 1 atom stereocenters. The molecule has 0 aromatic carbocycles. The van der Waals surface area contributed by atoms with Crippen LogP contribution in [0.5, 0.6) is 0 Å². The summed E-state index contributed by atoms with van der Waals surface area (Å²) in [5, 5.41) is 11.3. The fourth-order valence-corrected chi connectivity index (χ4v) is 2.21. The first-order chi connectivity index (χ1) is 9.23. The number of ketones is 1. The topological polar surface area (TPSA) is 99.3 Å². The van der Waals surface area contributed by atoms with Crippen molar-refractivity contribution in [3.05, 3.63) is 22.5 Å². The first kappa shape index (κ1) is 15.9. The van der Waals surface area contributed by atoms with E-state index in [1.807, 2.05) is 0 Å². The third-order valence-electron chi connectivity index (χ3n) is 3.19. The highest BCUT2D eigenvalue weighted by Gasteiger charge is 2.20. The third kappa shape index (κ3) is 3.69. The molecule has 1 unspecified atom stereocenters. The van der Waals surface area contributed by atoms with Crippen LogP contribution in [0.4, 0.5) is 0 Å². The van der Waals surface area contributed by atoms with Crippen LogP contribution in [0.2, 0.25) is 0 Å². The first-order valence-corrected chi connectivity index (χ1v) is 6.46. The minimum absolute atomic E-state index is 0.00286. The number of hydrogen-bond donors (Lipinski definition) is 3. The van der Waals surface area contributed by atoms with E-state index < -0.39 is 5.97 Å². The molecule has 0 aliphatic heterocycles. The van der Waals surface area contributed by atoms with Crippen LogP contribution in [-0.4, -0.2) is 33.8 Å². The zero-order chi connectivity index (χ0) is 15.4. The molecule has 0 saturated carbocycles. The predicted molar refractivity (Wildman–Crippen MR) is 74.1 cm³/mol. The average molecular weight is 280 g/mol. The largest absolute Gasteiger partial charge is 0.481 e. The summed E-state index contributed by atoms with van der Waals surface area (Å²) >= 11 is 0. The normalized spacial score (nSPS) is 12.0. The van der Waals surface area contributed by atoms with E-state index in [1.54, 1.807) is 20.8 Å². The number of hydrogen-bond acceptors (Lipinski definition) is 3. The van der Waals surface area contributed by atoms with E-state index in [9.17, 15) is 14.4 Å². The van der Waals surface area contributed by atoms with Gasteiger partial charge in [-0.3, -0.25) is 14.4 Å². The lowest BCUT2D eigenvalue weighted by molar-refractivity contribution is -0.137. The number of carbonyl (C=O) groups is 3. The lowest BCUT2D eigenvalue weighted by Crippen LogP contribution is -2.33. The van der Waals surface area contributed by atoms with Crippen LogP contribution in [0.1, 0.15) is 58.8 Å². The van der Waals surface area contributed by atoms with Gasteiger partial charge in [-0.1, -0.05) is 0 Å². The highest BCUT2D eigenvalue weighted by atomic mass is 16.4. The summed E-state index contributed by atoms with van der Waals surface area (Å²) in [5.41, 5.74) is 2.18. The molecular weight excluding hydrogens is 260 g/mol. The lowest BCUT2D eigenvalue weighted by Gasteiger charge is -2.12. The molecule has 0 fully saturated rings. The number of carboxylic acid groups (broad SMARTS) is 1. The van der Waals surface area contributed by atoms with E-state index >= 15 is 0 Å². The van der Waals surface area contributed by atoms with Crippen molar-refractivity contribution in [3.63, 3.8) is 0 Å². The Morgan fingerprint density at radius 3 is 2.35 bits per heavy atom. The van der Waals surface area contributed by atoms with Crippen molar-refractivity contribution in [2.75, 3.05) is 0 Å². The van der Waals surface area contributed by atoms with E-state index in [2.05, 4.69) is 10.3 Å².